The number of hydrogen-bond acceptors (Lipinski definition) is 4. The maximum absolute atomic E-state index is 13.2. The van der Waals surface area contributed by atoms with Crippen LogP contribution >= 0.6 is 0 Å². The van der Waals surface area contributed by atoms with Crippen molar-refractivity contribution in [1.82, 2.24) is 9.62 Å². The van der Waals surface area contributed by atoms with E-state index < -0.39 is 10.0 Å². The van der Waals surface area contributed by atoms with Crippen LogP contribution in [0, 0.1) is 5.92 Å². The fraction of sp³-hybridized carbons (Fsp3) is 0.462. The summed E-state index contributed by atoms with van der Waals surface area (Å²) >= 11 is 0. The van der Waals surface area contributed by atoms with E-state index in [1.807, 2.05) is 49.1 Å². The summed E-state index contributed by atoms with van der Waals surface area (Å²) in [5, 5.41) is 2.83. The van der Waals surface area contributed by atoms with Crippen LogP contribution in [0.4, 0.5) is 5.69 Å². The van der Waals surface area contributed by atoms with Gasteiger partial charge in [0.05, 0.1) is 11.4 Å². The smallest absolute Gasteiger partial charge is 0.243 e. The Balaban J connectivity index is 1.40. The van der Waals surface area contributed by atoms with Crippen molar-refractivity contribution >= 4 is 27.5 Å². The van der Waals surface area contributed by atoms with Gasteiger partial charge in [0.2, 0.25) is 21.8 Å². The Kier molecular flexibility index (Phi) is 7.09. The van der Waals surface area contributed by atoms with E-state index in [0.29, 0.717) is 13.0 Å². The summed E-state index contributed by atoms with van der Waals surface area (Å²) < 4.78 is 27.4. The minimum Gasteiger partial charge on any atom is -0.354 e. The number of likely N-dealkylation sites (N-methyl/N-ethyl adjacent to an activating group) is 1. The lowest BCUT2D eigenvalue weighted by Crippen LogP contribution is -2.42. The average molecular weight is 484 g/mol. The fourth-order valence-corrected chi connectivity index (χ4v) is 5.82. The van der Waals surface area contributed by atoms with Crippen molar-refractivity contribution in [2.45, 2.75) is 56.4 Å². The Bertz CT molecular complexity index is 1160. The van der Waals surface area contributed by atoms with Crippen LogP contribution in [0.3, 0.4) is 0 Å². The number of rotatable bonds is 8. The molecule has 2 aliphatic rings. The number of fused-ring (bicyclic) bond motifs is 1. The Morgan fingerprint density at radius 3 is 2.50 bits per heavy atom. The summed E-state index contributed by atoms with van der Waals surface area (Å²) in [5.74, 6) is 0.00922. The zero-order valence-corrected chi connectivity index (χ0v) is 20.8. The molecule has 0 spiro atoms. The maximum atomic E-state index is 13.2. The van der Waals surface area contributed by atoms with Crippen molar-refractivity contribution in [3.63, 3.8) is 0 Å². The summed E-state index contributed by atoms with van der Waals surface area (Å²) in [6.07, 6.45) is 3.58. The lowest BCUT2D eigenvalue weighted by molar-refractivity contribution is -0.125. The summed E-state index contributed by atoms with van der Waals surface area (Å²) in [5.41, 5.74) is 2.77. The fourth-order valence-electron chi connectivity index (χ4n) is 4.65. The van der Waals surface area contributed by atoms with E-state index in [9.17, 15) is 18.0 Å². The molecule has 2 amide bonds. The second-order valence-corrected chi connectivity index (χ2v) is 11.6. The predicted octanol–water partition coefficient (Wildman–Crippen LogP) is 3.30. The number of anilines is 1. The van der Waals surface area contributed by atoms with Crippen LogP contribution < -0.4 is 10.2 Å². The molecule has 182 valence electrons. The van der Waals surface area contributed by atoms with E-state index in [2.05, 4.69) is 5.32 Å². The second kappa shape index (κ2) is 9.88. The molecule has 1 saturated carbocycles. The third kappa shape index (κ3) is 4.88. The molecule has 1 heterocycles. The van der Waals surface area contributed by atoms with Crippen LogP contribution in [0.5, 0.6) is 0 Å². The molecule has 34 heavy (non-hydrogen) atoms. The first-order chi connectivity index (χ1) is 16.2. The number of carbonyl (C=O) groups is 2. The van der Waals surface area contributed by atoms with Crippen molar-refractivity contribution in [2.24, 2.45) is 5.92 Å². The molecule has 0 saturated heterocycles. The highest BCUT2D eigenvalue weighted by molar-refractivity contribution is 7.89. The van der Waals surface area contributed by atoms with Gasteiger partial charge < -0.3 is 10.2 Å². The molecule has 1 N–H and O–H groups in total. The van der Waals surface area contributed by atoms with E-state index in [-0.39, 0.29) is 41.1 Å². The van der Waals surface area contributed by atoms with E-state index in [4.69, 9.17) is 0 Å². The average Bonchev–Trinajstić information content (AvgIpc) is 3.11. The second-order valence-electron chi connectivity index (χ2n) is 9.56. The standard InChI is InChI=1S/C26H33N3O4S/c1-18(20-8-5-4-6-9-20)16-27-25(30)17-28(3)34(32,33)23-12-13-24-22(15-23)14-19(2)29(24)26(31)21-10-7-11-21/h4-6,8-9,12-13,15,18-19,21H,7,10-11,14,16-17H2,1-3H3,(H,27,30)/t18-,19-/m1/s1. The molecule has 0 unspecified atom stereocenters. The minimum absolute atomic E-state index is 0.0103. The quantitative estimate of drug-likeness (QED) is 0.624. The van der Waals surface area contributed by atoms with Gasteiger partial charge in [0, 0.05) is 31.2 Å². The van der Waals surface area contributed by atoms with Gasteiger partial charge in [-0.2, -0.15) is 4.31 Å². The van der Waals surface area contributed by atoms with E-state index >= 15 is 0 Å². The molecule has 1 aliphatic carbocycles. The van der Waals surface area contributed by atoms with Crippen molar-refractivity contribution in [3.05, 3.63) is 59.7 Å². The third-order valence-electron chi connectivity index (χ3n) is 7.01. The van der Waals surface area contributed by atoms with Crippen LogP contribution in [-0.2, 0) is 26.0 Å². The molecule has 4 rings (SSSR count). The number of benzene rings is 2. The number of amides is 2. The molecule has 0 aromatic heterocycles. The van der Waals surface area contributed by atoms with Gasteiger partial charge in [-0.05, 0) is 61.4 Å². The van der Waals surface area contributed by atoms with Crippen LogP contribution in [0.2, 0.25) is 0 Å². The number of hydrogen-bond donors (Lipinski definition) is 1. The topological polar surface area (TPSA) is 86.8 Å². The van der Waals surface area contributed by atoms with E-state index in [1.54, 1.807) is 18.2 Å². The van der Waals surface area contributed by atoms with Gasteiger partial charge in [0.1, 0.15) is 0 Å². The highest BCUT2D eigenvalue weighted by atomic mass is 32.2. The number of carbonyl (C=O) groups excluding carboxylic acids is 2. The summed E-state index contributed by atoms with van der Waals surface area (Å²) in [6.45, 7) is 4.18. The van der Waals surface area contributed by atoms with Gasteiger partial charge in [-0.25, -0.2) is 8.42 Å². The van der Waals surface area contributed by atoms with Crippen molar-refractivity contribution < 1.29 is 18.0 Å². The number of nitrogens with zero attached hydrogens (tertiary/aromatic N) is 2. The lowest BCUT2D eigenvalue weighted by Gasteiger charge is -2.32. The highest BCUT2D eigenvalue weighted by Gasteiger charge is 2.37. The van der Waals surface area contributed by atoms with Gasteiger partial charge in [-0.1, -0.05) is 43.7 Å². The highest BCUT2D eigenvalue weighted by Crippen LogP contribution is 2.38. The lowest BCUT2D eigenvalue weighted by atomic mass is 9.84. The van der Waals surface area contributed by atoms with Crippen LogP contribution in [0.1, 0.15) is 50.2 Å². The molecular weight excluding hydrogens is 450 g/mol. The Hall–Kier alpha value is -2.71. The number of sulfonamides is 1. The molecule has 8 heteroatoms. The van der Waals surface area contributed by atoms with Crippen molar-refractivity contribution in [1.29, 1.82) is 0 Å². The first kappa shape index (κ1) is 24.4. The van der Waals surface area contributed by atoms with Gasteiger partial charge in [0.25, 0.3) is 0 Å². The largest absolute Gasteiger partial charge is 0.354 e. The molecule has 1 fully saturated rings. The molecule has 2 aromatic carbocycles. The van der Waals surface area contributed by atoms with Crippen LogP contribution in [0.15, 0.2) is 53.4 Å². The third-order valence-corrected chi connectivity index (χ3v) is 8.81. The van der Waals surface area contributed by atoms with E-state index in [0.717, 1.165) is 40.4 Å². The van der Waals surface area contributed by atoms with Crippen molar-refractivity contribution in [3.8, 4) is 0 Å². The van der Waals surface area contributed by atoms with Crippen molar-refractivity contribution in [2.75, 3.05) is 25.0 Å². The first-order valence-corrected chi connectivity index (χ1v) is 13.4. The Labute approximate surface area is 202 Å². The van der Waals surface area contributed by atoms with Gasteiger partial charge in [-0.15, -0.1) is 0 Å². The molecule has 0 bridgehead atoms. The molecule has 2 aromatic rings. The van der Waals surface area contributed by atoms with Gasteiger partial charge in [-0.3, -0.25) is 9.59 Å². The SMILES string of the molecule is C[C@H](CNC(=O)CN(C)S(=O)(=O)c1ccc2c(c1)C[C@@H](C)N2C(=O)C1CCC1)c1ccccc1. The first-order valence-electron chi connectivity index (χ1n) is 11.9. The molecule has 7 nitrogen and oxygen atoms in total. The van der Waals surface area contributed by atoms with Gasteiger partial charge in [0.15, 0.2) is 0 Å². The Morgan fingerprint density at radius 1 is 1.15 bits per heavy atom. The zero-order chi connectivity index (χ0) is 24.5. The molecule has 2 atom stereocenters. The molecule has 1 aliphatic heterocycles. The molecular formula is C26H33N3O4S. The number of nitrogens with one attached hydrogen (secondary N) is 1. The molecule has 0 radical (unpaired) electrons. The van der Waals surface area contributed by atoms with Crippen LogP contribution in [-0.4, -0.2) is 50.7 Å². The summed E-state index contributed by atoms with van der Waals surface area (Å²) in [7, 11) is -2.43. The monoisotopic (exact) mass is 483 g/mol. The maximum Gasteiger partial charge on any atom is 0.243 e. The zero-order valence-electron chi connectivity index (χ0n) is 20.0. The summed E-state index contributed by atoms with van der Waals surface area (Å²) in [4.78, 5) is 27.3. The van der Waals surface area contributed by atoms with E-state index in [1.165, 1.54) is 7.05 Å². The Morgan fingerprint density at radius 2 is 1.85 bits per heavy atom. The predicted molar refractivity (Wildman–Crippen MR) is 132 cm³/mol. The van der Waals surface area contributed by atoms with Gasteiger partial charge >= 0.3 is 0 Å². The summed E-state index contributed by atoms with van der Waals surface area (Å²) in [6, 6.07) is 14.8. The van der Waals surface area contributed by atoms with Crippen LogP contribution in [0.25, 0.3) is 0 Å². The minimum atomic E-state index is -3.84. The normalized spacial score (nSPS) is 18.9.